The molecule has 14 heteroatoms. The van der Waals surface area contributed by atoms with Crippen LogP contribution in [0, 0.1) is 16.2 Å². The maximum Gasteiger partial charge on any atom is 0.337 e. The van der Waals surface area contributed by atoms with Crippen LogP contribution in [0.3, 0.4) is 0 Å². The van der Waals surface area contributed by atoms with Crippen LogP contribution in [0.25, 0.3) is 0 Å². The van der Waals surface area contributed by atoms with Gasteiger partial charge in [-0.05, 0) is 99.6 Å². The van der Waals surface area contributed by atoms with Crippen LogP contribution in [0.2, 0.25) is 0 Å². The standard InChI is InChI=1S/C35H53N2O11P/c1-32(2,3)30(41)44-22-46-49(43,47-23-45-31(42)33(4,5)6)21-35(18-12-13-19-35)29(40)36-25-17-16-24-14-10-11-15-26(24)37(28(25)39)20-27(38)48-34(7,8)9/h10-11,14-15,25H,12-13,16-23H2,1-9H3,(H,36,40). The van der Waals surface area contributed by atoms with Gasteiger partial charge in [0.15, 0.2) is 0 Å². The van der Waals surface area contributed by atoms with E-state index in [-0.39, 0.29) is 13.0 Å². The molecule has 1 N–H and O–H groups in total. The number of amides is 2. The fraction of sp³-hybridized carbons (Fsp3) is 0.686. The number of benzene rings is 1. The number of hydrogen-bond acceptors (Lipinski definition) is 11. The molecule has 0 spiro atoms. The van der Waals surface area contributed by atoms with Crippen molar-refractivity contribution in [1.82, 2.24) is 5.32 Å². The van der Waals surface area contributed by atoms with Crippen molar-refractivity contribution in [2.75, 3.05) is 31.2 Å². The van der Waals surface area contributed by atoms with E-state index >= 15 is 0 Å². The summed E-state index contributed by atoms with van der Waals surface area (Å²) in [6.45, 7) is 13.3. The van der Waals surface area contributed by atoms with Crippen molar-refractivity contribution in [2.45, 2.75) is 112 Å². The number of hydrogen-bond donors (Lipinski definition) is 1. The number of ether oxygens (including phenoxy) is 3. The summed E-state index contributed by atoms with van der Waals surface area (Å²) in [6.07, 6.45) is 2.23. The summed E-state index contributed by atoms with van der Waals surface area (Å²) in [5, 5.41) is 2.90. The normalized spacial score (nSPS) is 18.3. The van der Waals surface area contributed by atoms with Gasteiger partial charge in [0.2, 0.25) is 25.4 Å². The van der Waals surface area contributed by atoms with E-state index in [0.29, 0.717) is 37.8 Å². The molecule has 13 nitrogen and oxygen atoms in total. The van der Waals surface area contributed by atoms with E-state index in [0.717, 1.165) is 5.56 Å². The number of anilines is 1. The molecule has 0 radical (unpaired) electrons. The molecule has 1 aliphatic heterocycles. The van der Waals surface area contributed by atoms with Crippen LogP contribution < -0.4 is 10.2 Å². The molecule has 1 aromatic carbocycles. The molecular formula is C35H53N2O11P. The van der Waals surface area contributed by atoms with Crippen molar-refractivity contribution in [3.63, 3.8) is 0 Å². The maximum atomic E-state index is 14.3. The smallest absolute Gasteiger partial charge is 0.337 e. The fourth-order valence-corrected chi connectivity index (χ4v) is 7.47. The lowest BCUT2D eigenvalue weighted by molar-refractivity contribution is -0.162. The summed E-state index contributed by atoms with van der Waals surface area (Å²) in [5.41, 5.74) is -2.34. The summed E-state index contributed by atoms with van der Waals surface area (Å²) < 4.78 is 41.3. The quantitative estimate of drug-likeness (QED) is 0.123. The molecule has 1 saturated carbocycles. The van der Waals surface area contributed by atoms with Crippen LogP contribution in [-0.2, 0) is 58.2 Å². The third-order valence-electron chi connectivity index (χ3n) is 8.20. The topological polar surface area (TPSA) is 164 Å². The average molecular weight is 709 g/mol. The molecule has 1 heterocycles. The number of carbonyl (C=O) groups excluding carboxylic acids is 5. The summed E-state index contributed by atoms with van der Waals surface area (Å²) >= 11 is 0. The number of nitrogens with one attached hydrogen (secondary N) is 1. The van der Waals surface area contributed by atoms with Crippen molar-refractivity contribution in [1.29, 1.82) is 0 Å². The van der Waals surface area contributed by atoms with Gasteiger partial charge < -0.3 is 19.5 Å². The molecule has 274 valence electrons. The summed E-state index contributed by atoms with van der Waals surface area (Å²) in [7, 11) is -4.25. The van der Waals surface area contributed by atoms with Crippen molar-refractivity contribution in [3.05, 3.63) is 29.8 Å². The van der Waals surface area contributed by atoms with E-state index in [9.17, 15) is 28.5 Å². The molecule has 2 amide bonds. The second-order valence-corrected chi connectivity index (χ2v) is 17.9. The lowest BCUT2D eigenvalue weighted by Crippen LogP contribution is -2.53. The highest BCUT2D eigenvalue weighted by atomic mass is 31.2. The van der Waals surface area contributed by atoms with Crippen LogP contribution in [0.4, 0.5) is 5.69 Å². The Kier molecular flexibility index (Phi) is 12.9. The van der Waals surface area contributed by atoms with Gasteiger partial charge in [-0.25, -0.2) is 0 Å². The first-order valence-electron chi connectivity index (χ1n) is 16.7. The Balaban J connectivity index is 1.85. The molecule has 1 aliphatic carbocycles. The fourth-order valence-electron chi connectivity index (χ4n) is 5.59. The zero-order valence-corrected chi connectivity index (χ0v) is 31.2. The van der Waals surface area contributed by atoms with Gasteiger partial charge in [-0.1, -0.05) is 31.0 Å². The molecule has 1 atom stereocenters. The van der Waals surface area contributed by atoms with Gasteiger partial charge in [-0.3, -0.25) is 42.5 Å². The zero-order valence-electron chi connectivity index (χ0n) is 30.3. The van der Waals surface area contributed by atoms with E-state index in [1.54, 1.807) is 74.4 Å². The number of nitrogens with zero attached hydrogens (tertiary/aromatic N) is 1. The molecule has 1 fully saturated rings. The summed E-state index contributed by atoms with van der Waals surface area (Å²) in [6, 6.07) is 6.25. The number of fused-ring (bicyclic) bond motifs is 1. The maximum absolute atomic E-state index is 14.3. The van der Waals surface area contributed by atoms with Gasteiger partial charge in [0.05, 0.1) is 22.4 Å². The van der Waals surface area contributed by atoms with Gasteiger partial charge in [-0.2, -0.15) is 0 Å². The molecule has 0 saturated heterocycles. The zero-order chi connectivity index (χ0) is 36.8. The van der Waals surface area contributed by atoms with Crippen molar-refractivity contribution in [3.8, 4) is 0 Å². The first-order valence-corrected chi connectivity index (χ1v) is 18.4. The van der Waals surface area contributed by atoms with Crippen LogP contribution in [-0.4, -0.2) is 67.7 Å². The highest BCUT2D eigenvalue weighted by Gasteiger charge is 2.49. The van der Waals surface area contributed by atoms with E-state index in [2.05, 4.69) is 5.32 Å². The van der Waals surface area contributed by atoms with Crippen molar-refractivity contribution >= 4 is 43.0 Å². The lowest BCUT2D eigenvalue weighted by Gasteiger charge is -2.33. The largest absolute Gasteiger partial charge is 0.459 e. The van der Waals surface area contributed by atoms with Crippen LogP contribution in [0.5, 0.6) is 0 Å². The molecular weight excluding hydrogens is 655 g/mol. The van der Waals surface area contributed by atoms with E-state index in [4.69, 9.17) is 23.3 Å². The van der Waals surface area contributed by atoms with Crippen LogP contribution >= 0.6 is 7.60 Å². The van der Waals surface area contributed by atoms with Crippen LogP contribution in [0.15, 0.2) is 24.3 Å². The van der Waals surface area contributed by atoms with E-state index in [1.807, 2.05) is 12.1 Å². The predicted octanol–water partition coefficient (Wildman–Crippen LogP) is 5.67. The van der Waals surface area contributed by atoms with E-state index in [1.165, 1.54) is 4.90 Å². The molecule has 49 heavy (non-hydrogen) atoms. The first-order chi connectivity index (χ1) is 22.6. The summed E-state index contributed by atoms with van der Waals surface area (Å²) in [5.74, 6) is -2.79. The lowest BCUT2D eigenvalue weighted by atomic mass is 9.87. The Morgan fingerprint density at radius 3 is 1.92 bits per heavy atom. The molecule has 0 bridgehead atoms. The monoisotopic (exact) mass is 708 g/mol. The molecule has 1 unspecified atom stereocenters. The molecule has 0 aromatic heterocycles. The summed E-state index contributed by atoms with van der Waals surface area (Å²) in [4.78, 5) is 67.2. The molecule has 2 aliphatic rings. The van der Waals surface area contributed by atoms with Gasteiger partial charge in [0.25, 0.3) is 0 Å². The third kappa shape index (κ3) is 11.4. The van der Waals surface area contributed by atoms with Gasteiger partial charge in [0, 0.05) is 5.69 Å². The molecule has 1 aromatic rings. The second-order valence-electron chi connectivity index (χ2n) is 15.8. The van der Waals surface area contributed by atoms with E-state index < -0.39 is 85.0 Å². The Morgan fingerprint density at radius 1 is 0.878 bits per heavy atom. The average Bonchev–Trinajstić information content (AvgIpc) is 3.40. The van der Waals surface area contributed by atoms with Crippen molar-refractivity contribution in [2.24, 2.45) is 16.2 Å². The van der Waals surface area contributed by atoms with Gasteiger partial charge in [-0.15, -0.1) is 0 Å². The number of esters is 3. The molecule has 3 rings (SSSR count). The second kappa shape index (κ2) is 15.7. The SMILES string of the molecule is CC(C)(C)OC(=O)CN1C(=O)C(NC(=O)C2(CP(=O)(OCOC(=O)C(C)(C)C)OCOC(=O)C(C)(C)C)CCCC2)CCc2ccccc21. The number of aryl methyl sites for hydroxylation is 1. The minimum Gasteiger partial charge on any atom is -0.459 e. The first kappa shape index (κ1) is 40.2. The minimum atomic E-state index is -4.25. The number of para-hydroxylation sites is 1. The Morgan fingerprint density at radius 2 is 1.41 bits per heavy atom. The third-order valence-corrected chi connectivity index (χ3v) is 10.2. The van der Waals surface area contributed by atoms with Crippen LogP contribution in [0.1, 0.15) is 100.0 Å². The Labute approximate surface area is 289 Å². The Bertz CT molecular complexity index is 1400. The van der Waals surface area contributed by atoms with Gasteiger partial charge >= 0.3 is 25.5 Å². The minimum absolute atomic E-state index is 0.263. The predicted molar refractivity (Wildman–Crippen MR) is 181 cm³/mol. The van der Waals surface area contributed by atoms with Gasteiger partial charge in [0.1, 0.15) is 18.2 Å². The van der Waals surface area contributed by atoms with Crippen molar-refractivity contribution < 1.29 is 51.8 Å². The number of rotatable bonds is 12. The highest BCUT2D eigenvalue weighted by molar-refractivity contribution is 7.53. The highest BCUT2D eigenvalue weighted by Crippen LogP contribution is 2.57. The Hall–Kier alpha value is -3.28. The number of carbonyl (C=O) groups is 5.